The second-order valence-electron chi connectivity index (χ2n) is 4.58. The Morgan fingerprint density at radius 2 is 1.81 bits per heavy atom. The van der Waals surface area contributed by atoms with Crippen LogP contribution in [0.15, 0.2) is 42.5 Å². The summed E-state index contributed by atoms with van der Waals surface area (Å²) in [5.41, 5.74) is 8.94. The highest BCUT2D eigenvalue weighted by molar-refractivity contribution is 5.42. The minimum absolute atomic E-state index is 0.360. The lowest BCUT2D eigenvalue weighted by Crippen LogP contribution is -1.97. The van der Waals surface area contributed by atoms with Crippen LogP contribution < -0.4 is 10.5 Å². The van der Waals surface area contributed by atoms with Crippen molar-refractivity contribution in [3.05, 3.63) is 64.7 Å². The highest BCUT2D eigenvalue weighted by Gasteiger charge is 2.02. The number of ether oxygens (including phenoxy) is 1. The standard InChI is InChI=1S/C18H16N2O/c1-14-4-5-17(12-20)11-18(14)21-13-16-8-6-15(7-9-16)3-2-10-19/h4-9,11H,10,13,19H2,1H3. The first-order valence-corrected chi connectivity index (χ1v) is 6.64. The molecule has 0 spiro atoms. The molecule has 3 nitrogen and oxygen atoms in total. The van der Waals surface area contributed by atoms with E-state index in [0.717, 1.165) is 22.4 Å². The third-order valence-corrected chi connectivity index (χ3v) is 3.00. The van der Waals surface area contributed by atoms with Crippen LogP contribution >= 0.6 is 0 Å². The third kappa shape index (κ3) is 4.11. The molecule has 2 rings (SSSR count). The monoisotopic (exact) mass is 276 g/mol. The van der Waals surface area contributed by atoms with Gasteiger partial charge in [-0.05, 0) is 42.3 Å². The van der Waals surface area contributed by atoms with Gasteiger partial charge in [0, 0.05) is 5.56 Å². The predicted octanol–water partition coefficient (Wildman–Crippen LogP) is 2.76. The summed E-state index contributed by atoms with van der Waals surface area (Å²) in [4.78, 5) is 0. The minimum Gasteiger partial charge on any atom is -0.489 e. The first-order chi connectivity index (χ1) is 10.2. The quantitative estimate of drug-likeness (QED) is 0.877. The molecule has 0 radical (unpaired) electrons. The highest BCUT2D eigenvalue weighted by Crippen LogP contribution is 2.20. The molecule has 0 saturated carbocycles. The van der Waals surface area contributed by atoms with E-state index < -0.39 is 0 Å². The van der Waals surface area contributed by atoms with Gasteiger partial charge >= 0.3 is 0 Å². The number of benzene rings is 2. The van der Waals surface area contributed by atoms with Gasteiger partial charge in [-0.1, -0.05) is 30.0 Å². The van der Waals surface area contributed by atoms with Crippen molar-refractivity contribution in [1.29, 1.82) is 5.26 Å². The third-order valence-electron chi connectivity index (χ3n) is 3.00. The lowest BCUT2D eigenvalue weighted by molar-refractivity contribution is 0.304. The van der Waals surface area contributed by atoms with Crippen LogP contribution in [0.2, 0.25) is 0 Å². The van der Waals surface area contributed by atoms with Gasteiger partial charge in [0.2, 0.25) is 0 Å². The molecule has 0 fully saturated rings. The average Bonchev–Trinajstić information content (AvgIpc) is 2.53. The Hall–Kier alpha value is -2.75. The van der Waals surface area contributed by atoms with Crippen molar-refractivity contribution in [2.45, 2.75) is 13.5 Å². The molecule has 0 atom stereocenters. The van der Waals surface area contributed by atoms with Gasteiger partial charge in [0.05, 0.1) is 18.2 Å². The Labute approximate surface area is 125 Å². The molecule has 104 valence electrons. The summed E-state index contributed by atoms with van der Waals surface area (Å²) >= 11 is 0. The molecule has 2 aromatic rings. The van der Waals surface area contributed by atoms with Crippen molar-refractivity contribution >= 4 is 0 Å². The molecule has 3 heteroatoms. The average molecular weight is 276 g/mol. The fourth-order valence-corrected chi connectivity index (χ4v) is 1.82. The van der Waals surface area contributed by atoms with Gasteiger partial charge < -0.3 is 10.5 Å². The van der Waals surface area contributed by atoms with Gasteiger partial charge in [-0.25, -0.2) is 0 Å². The fourth-order valence-electron chi connectivity index (χ4n) is 1.82. The summed E-state index contributed by atoms with van der Waals surface area (Å²) in [6.45, 7) is 2.78. The molecule has 0 aliphatic heterocycles. The number of nitriles is 1. The molecule has 21 heavy (non-hydrogen) atoms. The van der Waals surface area contributed by atoms with Crippen molar-refractivity contribution < 1.29 is 4.74 Å². The summed E-state index contributed by atoms with van der Waals surface area (Å²) < 4.78 is 5.78. The largest absolute Gasteiger partial charge is 0.489 e. The number of rotatable bonds is 3. The Kier molecular flexibility index (Phi) is 4.99. The molecule has 0 aliphatic rings. The van der Waals surface area contributed by atoms with Crippen LogP contribution in [0.3, 0.4) is 0 Å². The topological polar surface area (TPSA) is 59.0 Å². The van der Waals surface area contributed by atoms with Crippen LogP contribution in [0.25, 0.3) is 0 Å². The maximum atomic E-state index is 8.91. The van der Waals surface area contributed by atoms with Crippen LogP contribution in [-0.2, 0) is 6.61 Å². The Balaban J connectivity index is 2.05. The van der Waals surface area contributed by atoms with E-state index in [2.05, 4.69) is 17.9 Å². The summed E-state index contributed by atoms with van der Waals surface area (Å²) in [5, 5.41) is 8.91. The molecule has 2 N–H and O–H groups in total. The molecule has 0 amide bonds. The van der Waals surface area contributed by atoms with Crippen LogP contribution in [-0.4, -0.2) is 6.54 Å². The fraction of sp³-hybridized carbons (Fsp3) is 0.167. The summed E-state index contributed by atoms with van der Waals surface area (Å²) in [6.07, 6.45) is 0. The zero-order chi connectivity index (χ0) is 15.1. The van der Waals surface area contributed by atoms with E-state index in [4.69, 9.17) is 15.7 Å². The smallest absolute Gasteiger partial charge is 0.124 e. The number of nitrogens with zero attached hydrogens (tertiary/aromatic N) is 1. The lowest BCUT2D eigenvalue weighted by Gasteiger charge is -2.09. The van der Waals surface area contributed by atoms with Gasteiger partial charge in [-0.15, -0.1) is 0 Å². The van der Waals surface area contributed by atoms with Gasteiger partial charge in [0.25, 0.3) is 0 Å². The van der Waals surface area contributed by atoms with E-state index in [1.54, 1.807) is 12.1 Å². The second-order valence-corrected chi connectivity index (χ2v) is 4.58. The van der Waals surface area contributed by atoms with Crippen LogP contribution in [0.1, 0.15) is 22.3 Å². The van der Waals surface area contributed by atoms with E-state index in [1.165, 1.54) is 0 Å². The zero-order valence-corrected chi connectivity index (χ0v) is 11.9. The summed E-state index contributed by atoms with van der Waals surface area (Å²) in [7, 11) is 0. The van der Waals surface area contributed by atoms with E-state index in [-0.39, 0.29) is 0 Å². The van der Waals surface area contributed by atoms with Crippen molar-refractivity contribution in [2.75, 3.05) is 6.54 Å². The number of nitrogens with two attached hydrogens (primary N) is 1. The summed E-state index contributed by atoms with van der Waals surface area (Å²) in [5.74, 6) is 6.53. The number of hydrogen-bond acceptors (Lipinski definition) is 3. The van der Waals surface area contributed by atoms with Gasteiger partial charge in [0.1, 0.15) is 12.4 Å². The second kappa shape index (κ2) is 7.14. The first-order valence-electron chi connectivity index (χ1n) is 6.64. The maximum Gasteiger partial charge on any atom is 0.124 e. The van der Waals surface area contributed by atoms with E-state index >= 15 is 0 Å². The van der Waals surface area contributed by atoms with Crippen molar-refractivity contribution in [1.82, 2.24) is 0 Å². The molecule has 0 saturated heterocycles. The molecular formula is C18H16N2O. The van der Waals surface area contributed by atoms with Gasteiger partial charge in [-0.2, -0.15) is 5.26 Å². The van der Waals surface area contributed by atoms with E-state index in [0.29, 0.717) is 18.7 Å². The van der Waals surface area contributed by atoms with E-state index in [9.17, 15) is 0 Å². The molecule has 0 bridgehead atoms. The molecule has 0 aromatic heterocycles. The zero-order valence-electron chi connectivity index (χ0n) is 11.9. The predicted molar refractivity (Wildman–Crippen MR) is 82.6 cm³/mol. The SMILES string of the molecule is Cc1ccc(C#N)cc1OCc1ccc(C#CCN)cc1. The molecular weight excluding hydrogens is 260 g/mol. The molecule has 0 heterocycles. The Bertz CT molecular complexity index is 716. The summed E-state index contributed by atoms with van der Waals surface area (Å²) in [6, 6.07) is 15.4. The van der Waals surface area contributed by atoms with Crippen LogP contribution in [0.4, 0.5) is 0 Å². The number of hydrogen-bond donors (Lipinski definition) is 1. The van der Waals surface area contributed by atoms with Crippen LogP contribution in [0.5, 0.6) is 5.75 Å². The highest BCUT2D eigenvalue weighted by atomic mass is 16.5. The van der Waals surface area contributed by atoms with Gasteiger partial charge in [0.15, 0.2) is 0 Å². The van der Waals surface area contributed by atoms with Crippen LogP contribution in [0, 0.1) is 30.1 Å². The first kappa shape index (κ1) is 14.7. The van der Waals surface area contributed by atoms with Crippen molar-refractivity contribution in [3.8, 4) is 23.7 Å². The molecule has 2 aromatic carbocycles. The number of aryl methyl sites for hydroxylation is 1. The van der Waals surface area contributed by atoms with Crippen molar-refractivity contribution in [3.63, 3.8) is 0 Å². The van der Waals surface area contributed by atoms with E-state index in [1.807, 2.05) is 37.3 Å². The molecule has 0 aliphatic carbocycles. The maximum absolute atomic E-state index is 8.91. The van der Waals surface area contributed by atoms with Gasteiger partial charge in [-0.3, -0.25) is 0 Å². The minimum atomic E-state index is 0.360. The normalized spacial score (nSPS) is 9.38. The molecule has 0 unspecified atom stereocenters. The lowest BCUT2D eigenvalue weighted by atomic mass is 10.1. The van der Waals surface area contributed by atoms with Crippen molar-refractivity contribution in [2.24, 2.45) is 5.73 Å². The Morgan fingerprint density at radius 1 is 1.10 bits per heavy atom. The Morgan fingerprint density at radius 3 is 2.48 bits per heavy atom.